The molecule has 0 radical (unpaired) electrons. The van der Waals surface area contributed by atoms with Crippen LogP contribution in [0.4, 0.5) is 0 Å². The van der Waals surface area contributed by atoms with E-state index < -0.39 is 0 Å². The zero-order valence-corrected chi connectivity index (χ0v) is 12.6. The first-order valence-corrected chi connectivity index (χ1v) is 7.39. The van der Waals surface area contributed by atoms with E-state index in [-0.39, 0.29) is 6.10 Å². The second kappa shape index (κ2) is 8.57. The Balaban J connectivity index is 1.66. The zero-order chi connectivity index (χ0) is 14.9. The lowest BCUT2D eigenvalue weighted by atomic mass is 10.2. The highest BCUT2D eigenvalue weighted by Crippen LogP contribution is 2.03. The molecular formula is C18H24N2O. The Hall–Kier alpha value is -1.68. The summed E-state index contributed by atoms with van der Waals surface area (Å²) in [6.07, 6.45) is -0.359. The van der Waals surface area contributed by atoms with Gasteiger partial charge in [-0.05, 0) is 18.2 Å². The minimum Gasteiger partial charge on any atom is -0.390 e. The minimum atomic E-state index is -0.359. The molecule has 0 aromatic heterocycles. The van der Waals surface area contributed by atoms with Crippen LogP contribution in [-0.4, -0.2) is 36.2 Å². The van der Waals surface area contributed by atoms with Gasteiger partial charge < -0.3 is 10.4 Å². The minimum absolute atomic E-state index is 0.359. The smallest absolute Gasteiger partial charge is 0.0791 e. The third-order valence-corrected chi connectivity index (χ3v) is 3.37. The summed E-state index contributed by atoms with van der Waals surface area (Å²) in [5.41, 5.74) is 2.51. The summed E-state index contributed by atoms with van der Waals surface area (Å²) in [6, 6.07) is 20.6. The molecular weight excluding hydrogens is 260 g/mol. The van der Waals surface area contributed by atoms with Gasteiger partial charge in [-0.1, -0.05) is 60.7 Å². The summed E-state index contributed by atoms with van der Waals surface area (Å²) in [5.74, 6) is 0. The Kier molecular flexibility index (Phi) is 6.41. The van der Waals surface area contributed by atoms with Crippen molar-refractivity contribution in [2.45, 2.75) is 19.2 Å². The van der Waals surface area contributed by atoms with Crippen molar-refractivity contribution in [2.24, 2.45) is 0 Å². The molecule has 0 heterocycles. The molecule has 0 bridgehead atoms. The van der Waals surface area contributed by atoms with Crippen LogP contribution in [0.25, 0.3) is 0 Å². The zero-order valence-electron chi connectivity index (χ0n) is 12.6. The summed E-state index contributed by atoms with van der Waals surface area (Å²) < 4.78 is 0. The van der Waals surface area contributed by atoms with Gasteiger partial charge in [0.1, 0.15) is 0 Å². The molecule has 0 aliphatic rings. The number of aliphatic hydroxyl groups is 1. The van der Waals surface area contributed by atoms with E-state index >= 15 is 0 Å². The lowest BCUT2D eigenvalue weighted by molar-refractivity contribution is 0.121. The van der Waals surface area contributed by atoms with E-state index in [0.29, 0.717) is 13.1 Å². The van der Waals surface area contributed by atoms with E-state index in [1.165, 1.54) is 11.1 Å². The van der Waals surface area contributed by atoms with Gasteiger partial charge in [0, 0.05) is 26.2 Å². The lowest BCUT2D eigenvalue weighted by Crippen LogP contribution is -2.36. The van der Waals surface area contributed by atoms with Crippen molar-refractivity contribution in [3.05, 3.63) is 71.8 Å². The van der Waals surface area contributed by atoms with Crippen LogP contribution in [0, 0.1) is 0 Å². The second-order valence-electron chi connectivity index (χ2n) is 5.45. The first-order valence-electron chi connectivity index (χ1n) is 7.39. The molecule has 0 spiro atoms. The third kappa shape index (κ3) is 6.08. The van der Waals surface area contributed by atoms with E-state index in [0.717, 1.165) is 13.1 Å². The van der Waals surface area contributed by atoms with Gasteiger partial charge in [0.05, 0.1) is 6.10 Å². The number of nitrogens with one attached hydrogen (secondary N) is 1. The number of benzene rings is 2. The molecule has 112 valence electrons. The molecule has 21 heavy (non-hydrogen) atoms. The van der Waals surface area contributed by atoms with Crippen LogP contribution >= 0.6 is 0 Å². The fraction of sp³-hybridized carbons (Fsp3) is 0.333. The summed E-state index contributed by atoms with van der Waals surface area (Å²) in [4.78, 5) is 2.14. The topological polar surface area (TPSA) is 35.5 Å². The molecule has 2 N–H and O–H groups in total. The van der Waals surface area contributed by atoms with Crippen molar-refractivity contribution < 1.29 is 5.11 Å². The third-order valence-electron chi connectivity index (χ3n) is 3.37. The highest BCUT2D eigenvalue weighted by atomic mass is 16.3. The fourth-order valence-corrected chi connectivity index (χ4v) is 2.36. The van der Waals surface area contributed by atoms with Crippen LogP contribution in [-0.2, 0) is 13.1 Å². The van der Waals surface area contributed by atoms with Crippen molar-refractivity contribution in [1.29, 1.82) is 0 Å². The molecule has 2 rings (SSSR count). The Morgan fingerprint density at radius 1 is 0.952 bits per heavy atom. The summed E-state index contributed by atoms with van der Waals surface area (Å²) in [6.45, 7) is 2.92. The Labute approximate surface area is 127 Å². The molecule has 0 fully saturated rings. The molecule has 2 aromatic carbocycles. The largest absolute Gasteiger partial charge is 0.390 e. The quantitative estimate of drug-likeness (QED) is 0.780. The van der Waals surface area contributed by atoms with Crippen LogP contribution in [0.3, 0.4) is 0 Å². The maximum absolute atomic E-state index is 10.1. The maximum Gasteiger partial charge on any atom is 0.0791 e. The van der Waals surface area contributed by atoms with E-state index in [4.69, 9.17) is 0 Å². The molecule has 3 nitrogen and oxygen atoms in total. The monoisotopic (exact) mass is 284 g/mol. The highest BCUT2D eigenvalue weighted by Gasteiger charge is 2.08. The normalized spacial score (nSPS) is 12.5. The number of aliphatic hydroxyl groups excluding tert-OH is 1. The van der Waals surface area contributed by atoms with Crippen molar-refractivity contribution in [2.75, 3.05) is 20.1 Å². The van der Waals surface area contributed by atoms with Crippen molar-refractivity contribution in [3.63, 3.8) is 0 Å². The van der Waals surface area contributed by atoms with Gasteiger partial charge in [0.25, 0.3) is 0 Å². The lowest BCUT2D eigenvalue weighted by Gasteiger charge is -2.21. The molecule has 1 atom stereocenters. The summed E-state index contributed by atoms with van der Waals surface area (Å²) >= 11 is 0. The number of hydrogen-bond acceptors (Lipinski definition) is 3. The number of rotatable bonds is 8. The first kappa shape index (κ1) is 15.7. The van der Waals surface area contributed by atoms with E-state index in [9.17, 15) is 5.11 Å². The van der Waals surface area contributed by atoms with Gasteiger partial charge in [-0.15, -0.1) is 0 Å². The van der Waals surface area contributed by atoms with Crippen LogP contribution in [0.2, 0.25) is 0 Å². The average molecular weight is 284 g/mol. The molecule has 2 aromatic rings. The van der Waals surface area contributed by atoms with Gasteiger partial charge in [0.2, 0.25) is 0 Å². The molecule has 0 aliphatic carbocycles. The Bertz CT molecular complexity index is 501. The number of hydrogen-bond donors (Lipinski definition) is 2. The molecule has 3 heteroatoms. The Morgan fingerprint density at radius 3 is 2.14 bits per heavy atom. The van der Waals surface area contributed by atoms with Gasteiger partial charge in [-0.3, -0.25) is 4.90 Å². The molecule has 0 saturated carbocycles. The second-order valence-corrected chi connectivity index (χ2v) is 5.45. The number of nitrogens with zero attached hydrogens (tertiary/aromatic N) is 1. The first-order chi connectivity index (χ1) is 10.2. The summed E-state index contributed by atoms with van der Waals surface area (Å²) in [5, 5.41) is 13.4. The fourth-order valence-electron chi connectivity index (χ4n) is 2.36. The predicted octanol–water partition coefficient (Wildman–Crippen LogP) is 2.27. The molecule has 0 unspecified atom stereocenters. The van der Waals surface area contributed by atoms with Crippen LogP contribution < -0.4 is 5.32 Å². The molecule has 0 saturated heterocycles. The Morgan fingerprint density at radius 2 is 1.52 bits per heavy atom. The van der Waals surface area contributed by atoms with Crippen molar-refractivity contribution in [1.82, 2.24) is 10.2 Å². The van der Waals surface area contributed by atoms with E-state index in [1.807, 2.05) is 43.4 Å². The van der Waals surface area contributed by atoms with Gasteiger partial charge in [-0.2, -0.15) is 0 Å². The standard InChI is InChI=1S/C18H24N2O/c1-20(14-17-10-6-3-7-11-17)15-18(21)13-19-12-16-8-4-2-5-9-16/h2-11,18-19,21H,12-15H2,1H3/t18-/m0/s1. The van der Waals surface area contributed by atoms with Crippen LogP contribution in [0.15, 0.2) is 60.7 Å². The van der Waals surface area contributed by atoms with Crippen molar-refractivity contribution >= 4 is 0 Å². The van der Waals surface area contributed by atoms with Gasteiger partial charge in [0.15, 0.2) is 0 Å². The summed E-state index contributed by atoms with van der Waals surface area (Å²) in [7, 11) is 2.04. The average Bonchev–Trinajstić information content (AvgIpc) is 2.49. The van der Waals surface area contributed by atoms with Gasteiger partial charge >= 0.3 is 0 Å². The van der Waals surface area contributed by atoms with Crippen LogP contribution in [0.1, 0.15) is 11.1 Å². The van der Waals surface area contributed by atoms with E-state index in [1.54, 1.807) is 0 Å². The van der Waals surface area contributed by atoms with Crippen LogP contribution in [0.5, 0.6) is 0 Å². The predicted molar refractivity (Wildman–Crippen MR) is 86.9 cm³/mol. The van der Waals surface area contributed by atoms with Gasteiger partial charge in [-0.25, -0.2) is 0 Å². The highest BCUT2D eigenvalue weighted by molar-refractivity contribution is 5.15. The number of likely N-dealkylation sites (N-methyl/N-ethyl adjacent to an activating group) is 1. The maximum atomic E-state index is 10.1. The SMILES string of the molecule is CN(Cc1ccccc1)C[C@@H](O)CNCc1ccccc1. The van der Waals surface area contributed by atoms with E-state index in [2.05, 4.69) is 34.5 Å². The van der Waals surface area contributed by atoms with Crippen molar-refractivity contribution in [3.8, 4) is 0 Å². The molecule has 0 aliphatic heterocycles. The molecule has 0 amide bonds.